The minimum Gasteiger partial charge on any atom is -0.465 e. The second-order valence-electron chi connectivity index (χ2n) is 6.96. The number of halogens is 1. The summed E-state index contributed by atoms with van der Waals surface area (Å²) in [4.78, 5) is 18.2. The minimum atomic E-state index is -0.352. The average Bonchev–Trinajstić information content (AvgIpc) is 3.30. The number of hydrogen-bond acceptors (Lipinski definition) is 6. The molecule has 7 heteroatoms. The topological polar surface area (TPSA) is 60.9 Å². The lowest BCUT2D eigenvalue weighted by molar-refractivity contribution is 0.0600. The van der Waals surface area contributed by atoms with E-state index in [0.29, 0.717) is 22.3 Å². The molecule has 2 aliphatic rings. The van der Waals surface area contributed by atoms with E-state index in [1.165, 1.54) is 13.3 Å². The van der Waals surface area contributed by atoms with E-state index in [9.17, 15) is 4.79 Å². The molecule has 27 heavy (non-hydrogen) atoms. The molecule has 0 radical (unpaired) electrons. The van der Waals surface area contributed by atoms with E-state index in [1.807, 2.05) is 24.4 Å². The third-order valence-electron chi connectivity index (χ3n) is 5.05. The molecular weight excluding hydrogens is 368 g/mol. The average molecular weight is 389 g/mol. The first-order valence-electron chi connectivity index (χ1n) is 8.95. The number of methoxy groups -OCH3 is 1. The molecule has 0 spiro atoms. The van der Waals surface area contributed by atoms with Crippen LogP contribution in [0.4, 0.5) is 0 Å². The van der Waals surface area contributed by atoms with Gasteiger partial charge in [-0.3, -0.25) is 9.88 Å². The van der Waals surface area contributed by atoms with Gasteiger partial charge in [-0.05, 0) is 48.6 Å². The highest BCUT2D eigenvalue weighted by atomic mass is 35.5. The largest absolute Gasteiger partial charge is 0.465 e. The Labute approximate surface area is 163 Å². The van der Waals surface area contributed by atoms with Crippen LogP contribution in [0, 0.1) is 5.92 Å². The zero-order valence-corrected chi connectivity index (χ0v) is 15.9. The number of hydrogen-bond donors (Lipinski definition) is 0. The third kappa shape index (κ3) is 4.01. The van der Waals surface area contributed by atoms with E-state index in [1.54, 1.807) is 0 Å². The predicted octanol–water partition coefficient (Wildman–Crippen LogP) is 3.31. The Kier molecular flexibility index (Phi) is 5.18. The van der Waals surface area contributed by atoms with Crippen LogP contribution in [0.1, 0.15) is 27.9 Å². The van der Waals surface area contributed by atoms with E-state index in [2.05, 4.69) is 9.88 Å². The summed E-state index contributed by atoms with van der Waals surface area (Å²) in [5.41, 5.74) is 2.61. The van der Waals surface area contributed by atoms with E-state index >= 15 is 0 Å². The fourth-order valence-electron chi connectivity index (χ4n) is 3.71. The van der Waals surface area contributed by atoms with Crippen molar-refractivity contribution in [1.82, 2.24) is 9.88 Å². The molecule has 0 N–H and O–H groups in total. The fourth-order valence-corrected chi connectivity index (χ4v) is 3.92. The van der Waals surface area contributed by atoms with Crippen LogP contribution in [-0.4, -0.2) is 42.8 Å². The molecule has 0 amide bonds. The Morgan fingerprint density at radius 2 is 2.11 bits per heavy atom. The van der Waals surface area contributed by atoms with Crippen LogP contribution in [0.5, 0.6) is 11.5 Å². The van der Waals surface area contributed by atoms with Crippen molar-refractivity contribution in [3.63, 3.8) is 0 Å². The van der Waals surface area contributed by atoms with Gasteiger partial charge in [0, 0.05) is 36.6 Å². The molecule has 4 rings (SSSR count). The maximum Gasteiger partial charge on any atom is 0.339 e. The molecular formula is C20H21ClN2O4. The predicted molar refractivity (Wildman–Crippen MR) is 100 cm³/mol. The number of benzene rings is 1. The number of aromatic nitrogens is 1. The molecule has 2 aromatic rings. The van der Waals surface area contributed by atoms with Crippen molar-refractivity contribution >= 4 is 17.6 Å². The number of carbonyl (C=O) groups excluding carboxylic acids is 1. The number of carbonyl (C=O) groups is 1. The molecule has 3 heterocycles. The van der Waals surface area contributed by atoms with Gasteiger partial charge in [0.2, 0.25) is 6.79 Å². The zero-order chi connectivity index (χ0) is 18.8. The smallest absolute Gasteiger partial charge is 0.339 e. The highest BCUT2D eigenvalue weighted by Crippen LogP contribution is 2.37. The van der Waals surface area contributed by atoms with Crippen LogP contribution in [-0.2, 0) is 17.7 Å². The van der Waals surface area contributed by atoms with E-state index in [4.69, 9.17) is 25.8 Å². The van der Waals surface area contributed by atoms with Crippen LogP contribution in [0.15, 0.2) is 30.6 Å². The van der Waals surface area contributed by atoms with Crippen molar-refractivity contribution in [2.45, 2.75) is 19.4 Å². The van der Waals surface area contributed by atoms with Crippen molar-refractivity contribution < 1.29 is 19.0 Å². The minimum absolute atomic E-state index is 0.250. The molecule has 1 fully saturated rings. The van der Waals surface area contributed by atoms with Gasteiger partial charge in [0.1, 0.15) is 0 Å². The summed E-state index contributed by atoms with van der Waals surface area (Å²) in [5, 5.41) is 0.706. The second kappa shape index (κ2) is 7.74. The van der Waals surface area contributed by atoms with E-state index < -0.39 is 0 Å². The van der Waals surface area contributed by atoms with Gasteiger partial charge in [-0.15, -0.1) is 0 Å². The molecule has 1 aromatic carbocycles. The zero-order valence-electron chi connectivity index (χ0n) is 15.1. The molecule has 0 aliphatic carbocycles. The monoisotopic (exact) mass is 388 g/mol. The number of esters is 1. The van der Waals surface area contributed by atoms with Crippen LogP contribution in [0.3, 0.4) is 0 Å². The van der Waals surface area contributed by atoms with Crippen LogP contribution >= 0.6 is 11.6 Å². The van der Waals surface area contributed by atoms with Crippen LogP contribution < -0.4 is 9.47 Å². The number of rotatable bonds is 5. The van der Waals surface area contributed by atoms with Gasteiger partial charge in [0.25, 0.3) is 0 Å². The molecule has 1 unspecified atom stereocenters. The maximum atomic E-state index is 11.7. The third-order valence-corrected chi connectivity index (χ3v) is 5.40. The van der Waals surface area contributed by atoms with Crippen molar-refractivity contribution in [3.05, 3.63) is 52.3 Å². The molecule has 0 bridgehead atoms. The molecule has 0 saturated carbocycles. The summed E-state index contributed by atoms with van der Waals surface area (Å²) in [6, 6.07) is 5.68. The number of likely N-dealkylation sites (tertiary alicyclic amines) is 1. The standard InChI is InChI=1S/C20H21ClN2O4/c1-25-20(24)15-5-14(8-22-9-15)4-13-2-3-23(10-13)11-16-6-18-19(7-17(16)21)27-12-26-18/h5-9,13H,2-4,10-12H2,1H3. The second-order valence-corrected chi connectivity index (χ2v) is 7.37. The SMILES string of the molecule is COC(=O)c1cncc(CC2CCN(Cc3cc4c(cc3Cl)OCO4)C2)c1. The first-order valence-corrected chi connectivity index (χ1v) is 9.33. The number of ether oxygens (including phenoxy) is 3. The van der Waals surface area contributed by atoms with Crippen LogP contribution in [0.2, 0.25) is 5.02 Å². The maximum absolute atomic E-state index is 11.7. The van der Waals surface area contributed by atoms with Gasteiger partial charge in [-0.1, -0.05) is 11.6 Å². The van der Waals surface area contributed by atoms with Crippen molar-refractivity contribution in [1.29, 1.82) is 0 Å². The summed E-state index contributed by atoms with van der Waals surface area (Å²) in [6.45, 7) is 3.03. The number of nitrogens with zero attached hydrogens (tertiary/aromatic N) is 2. The number of pyridine rings is 1. The van der Waals surface area contributed by atoms with Gasteiger partial charge < -0.3 is 14.2 Å². The van der Waals surface area contributed by atoms with Gasteiger partial charge in [-0.25, -0.2) is 4.79 Å². The molecule has 2 aliphatic heterocycles. The number of fused-ring (bicyclic) bond motifs is 1. The lowest BCUT2D eigenvalue weighted by Gasteiger charge is -2.17. The fraction of sp³-hybridized carbons (Fsp3) is 0.400. The highest BCUT2D eigenvalue weighted by molar-refractivity contribution is 6.31. The van der Waals surface area contributed by atoms with Gasteiger partial charge in [-0.2, -0.15) is 0 Å². The van der Waals surface area contributed by atoms with Gasteiger partial charge in [0.15, 0.2) is 11.5 Å². The highest BCUT2D eigenvalue weighted by Gasteiger charge is 2.25. The van der Waals surface area contributed by atoms with Crippen molar-refractivity contribution in [2.75, 3.05) is 27.0 Å². The van der Waals surface area contributed by atoms with Gasteiger partial charge >= 0.3 is 5.97 Å². The lowest BCUT2D eigenvalue weighted by Crippen LogP contribution is -2.21. The summed E-state index contributed by atoms with van der Waals surface area (Å²) < 4.78 is 15.6. The molecule has 142 valence electrons. The summed E-state index contributed by atoms with van der Waals surface area (Å²) in [6.07, 6.45) is 5.36. The Bertz CT molecular complexity index is 858. The first kappa shape index (κ1) is 18.1. The summed E-state index contributed by atoms with van der Waals surface area (Å²) in [7, 11) is 1.38. The Morgan fingerprint density at radius 3 is 2.93 bits per heavy atom. The Hall–Kier alpha value is -2.31. The van der Waals surface area contributed by atoms with Gasteiger partial charge in [0.05, 0.1) is 12.7 Å². The first-order chi connectivity index (χ1) is 13.1. The van der Waals surface area contributed by atoms with E-state index in [-0.39, 0.29) is 12.8 Å². The van der Waals surface area contributed by atoms with Crippen molar-refractivity contribution in [3.8, 4) is 11.5 Å². The van der Waals surface area contributed by atoms with Crippen LogP contribution in [0.25, 0.3) is 0 Å². The summed E-state index contributed by atoms with van der Waals surface area (Å²) in [5.74, 6) is 1.64. The molecule has 1 aromatic heterocycles. The quantitative estimate of drug-likeness (QED) is 0.732. The lowest BCUT2D eigenvalue weighted by atomic mass is 9.99. The van der Waals surface area contributed by atoms with E-state index in [0.717, 1.165) is 49.4 Å². The summed E-state index contributed by atoms with van der Waals surface area (Å²) >= 11 is 6.40. The molecule has 1 atom stereocenters. The van der Waals surface area contributed by atoms with Crippen molar-refractivity contribution in [2.24, 2.45) is 5.92 Å². The molecule has 1 saturated heterocycles. The Balaban J connectivity index is 1.38. The normalized spacial score (nSPS) is 18.7. The molecule has 6 nitrogen and oxygen atoms in total. The Morgan fingerprint density at radius 1 is 1.30 bits per heavy atom.